The number of carbonyl (C=O) groups excluding carboxylic acids is 1. The molecule has 1 heterocycles. The normalized spacial score (nSPS) is 36.5. The van der Waals surface area contributed by atoms with Crippen LogP contribution in [-0.4, -0.2) is 93.1 Å². The van der Waals surface area contributed by atoms with Gasteiger partial charge >= 0.3 is 0 Å². The van der Waals surface area contributed by atoms with Crippen LogP contribution < -0.4 is 0 Å². The van der Waals surface area contributed by atoms with Gasteiger partial charge in [0.25, 0.3) is 0 Å². The Labute approximate surface area is 108 Å². The molecule has 0 aliphatic carbocycles. The molecule has 9 heteroatoms. The van der Waals surface area contributed by atoms with Gasteiger partial charge in [0.2, 0.25) is 0 Å². The Kier molecular flexibility index (Phi) is 6.23. The number of ether oxygens (including phenoxy) is 2. The maximum atomic E-state index is 10.5. The van der Waals surface area contributed by atoms with Gasteiger partial charge < -0.3 is 44.9 Å². The van der Waals surface area contributed by atoms with Crippen molar-refractivity contribution in [3.8, 4) is 0 Å². The lowest BCUT2D eigenvalue weighted by atomic mass is 10.0. The van der Waals surface area contributed by atoms with E-state index in [0.29, 0.717) is 0 Å². The highest BCUT2D eigenvalue weighted by atomic mass is 16.7. The summed E-state index contributed by atoms with van der Waals surface area (Å²) in [6, 6.07) is 0. The van der Waals surface area contributed by atoms with Gasteiger partial charge in [0.15, 0.2) is 12.6 Å². The molecule has 0 saturated carbocycles. The van der Waals surface area contributed by atoms with E-state index in [4.69, 9.17) is 14.6 Å². The molecule has 19 heavy (non-hydrogen) atoms. The topological polar surface area (TPSA) is 157 Å². The van der Waals surface area contributed by atoms with E-state index in [1.807, 2.05) is 0 Å². The highest BCUT2D eigenvalue weighted by Gasteiger charge is 2.41. The van der Waals surface area contributed by atoms with Crippen LogP contribution in [0.25, 0.3) is 0 Å². The highest BCUT2D eigenvalue weighted by Crippen LogP contribution is 2.19. The van der Waals surface area contributed by atoms with Crippen LogP contribution in [0.5, 0.6) is 0 Å². The molecule has 6 N–H and O–H groups in total. The largest absolute Gasteiger partial charge is 0.394 e. The van der Waals surface area contributed by atoms with Crippen molar-refractivity contribution in [2.75, 3.05) is 13.2 Å². The van der Waals surface area contributed by atoms with E-state index >= 15 is 0 Å². The first kappa shape index (κ1) is 16.4. The molecule has 1 aliphatic heterocycles. The quantitative estimate of drug-likeness (QED) is 0.265. The van der Waals surface area contributed by atoms with Gasteiger partial charge in [0.1, 0.15) is 36.6 Å². The van der Waals surface area contributed by atoms with Gasteiger partial charge in [0, 0.05) is 0 Å². The van der Waals surface area contributed by atoms with E-state index < -0.39 is 49.5 Å². The van der Waals surface area contributed by atoms with E-state index in [9.17, 15) is 30.3 Å². The molecular formula is C10H18O9. The van der Waals surface area contributed by atoms with Crippen LogP contribution in [0.4, 0.5) is 0 Å². The van der Waals surface area contributed by atoms with Crippen LogP contribution in [0.15, 0.2) is 0 Å². The zero-order valence-electron chi connectivity index (χ0n) is 9.94. The molecule has 1 saturated heterocycles. The summed E-state index contributed by atoms with van der Waals surface area (Å²) in [7, 11) is 0. The van der Waals surface area contributed by atoms with Crippen molar-refractivity contribution < 1.29 is 44.9 Å². The lowest BCUT2D eigenvalue weighted by molar-refractivity contribution is -0.297. The van der Waals surface area contributed by atoms with Gasteiger partial charge in [-0.15, -0.1) is 0 Å². The van der Waals surface area contributed by atoms with Crippen molar-refractivity contribution >= 4 is 6.29 Å². The summed E-state index contributed by atoms with van der Waals surface area (Å²) in [4.78, 5) is 10.5. The van der Waals surface area contributed by atoms with Gasteiger partial charge in [-0.25, -0.2) is 0 Å². The van der Waals surface area contributed by atoms with Crippen molar-refractivity contribution in [1.29, 1.82) is 0 Å². The minimum Gasteiger partial charge on any atom is -0.394 e. The van der Waals surface area contributed by atoms with E-state index in [0.717, 1.165) is 0 Å². The SMILES string of the molecule is O=C[C@H](O)[C@@H](O[C@H]1OC[C@@H](O)[C@H](O)[C@H]1O)[C@H](O)CO. The average molecular weight is 282 g/mol. The fourth-order valence-corrected chi connectivity index (χ4v) is 1.63. The molecule has 7 atom stereocenters. The molecular weight excluding hydrogens is 264 g/mol. The maximum Gasteiger partial charge on any atom is 0.186 e. The molecule has 1 fully saturated rings. The Morgan fingerprint density at radius 3 is 2.42 bits per heavy atom. The summed E-state index contributed by atoms with van der Waals surface area (Å²) >= 11 is 0. The second-order valence-electron chi connectivity index (χ2n) is 4.23. The third-order valence-corrected chi connectivity index (χ3v) is 2.79. The number of aliphatic hydroxyl groups is 6. The third kappa shape index (κ3) is 3.91. The summed E-state index contributed by atoms with van der Waals surface area (Å²) in [5.41, 5.74) is 0. The van der Waals surface area contributed by atoms with Gasteiger partial charge in [-0.1, -0.05) is 0 Å². The number of rotatable bonds is 6. The van der Waals surface area contributed by atoms with Crippen molar-refractivity contribution in [3.05, 3.63) is 0 Å². The van der Waals surface area contributed by atoms with Gasteiger partial charge in [-0.2, -0.15) is 0 Å². The number of hydrogen-bond acceptors (Lipinski definition) is 9. The number of aliphatic hydroxyl groups excluding tert-OH is 6. The van der Waals surface area contributed by atoms with Crippen LogP contribution in [0.2, 0.25) is 0 Å². The van der Waals surface area contributed by atoms with Crippen LogP contribution in [0.1, 0.15) is 0 Å². The Morgan fingerprint density at radius 1 is 1.26 bits per heavy atom. The molecule has 0 amide bonds. The summed E-state index contributed by atoms with van der Waals surface area (Å²) in [5, 5.41) is 55.8. The molecule has 0 aromatic rings. The van der Waals surface area contributed by atoms with Crippen molar-refractivity contribution in [1.82, 2.24) is 0 Å². The molecule has 0 aromatic carbocycles. The summed E-state index contributed by atoms with van der Waals surface area (Å²) in [5.74, 6) is 0. The monoisotopic (exact) mass is 282 g/mol. The zero-order chi connectivity index (χ0) is 14.6. The van der Waals surface area contributed by atoms with Crippen LogP contribution >= 0.6 is 0 Å². The van der Waals surface area contributed by atoms with E-state index in [1.165, 1.54) is 0 Å². The summed E-state index contributed by atoms with van der Waals surface area (Å²) < 4.78 is 9.88. The molecule has 0 spiro atoms. The standard InChI is InChI=1S/C10H18O9/c11-1-4(13)9(5(14)2-12)19-10-8(17)7(16)6(15)3-18-10/h1,4-10,12-17H,2-3H2/t4-,5+,6+,7-,8+,9+,10+/m0/s1. The second-order valence-corrected chi connectivity index (χ2v) is 4.23. The molecule has 0 unspecified atom stereocenters. The molecule has 9 nitrogen and oxygen atoms in total. The fraction of sp³-hybridized carbons (Fsp3) is 0.900. The van der Waals surface area contributed by atoms with E-state index in [-0.39, 0.29) is 12.9 Å². The number of carbonyl (C=O) groups is 1. The first-order valence-corrected chi connectivity index (χ1v) is 5.66. The first-order valence-electron chi connectivity index (χ1n) is 5.66. The number of aldehydes is 1. The molecule has 112 valence electrons. The fourth-order valence-electron chi connectivity index (χ4n) is 1.63. The Morgan fingerprint density at radius 2 is 1.89 bits per heavy atom. The molecule has 0 bridgehead atoms. The molecule has 0 radical (unpaired) electrons. The van der Waals surface area contributed by atoms with Crippen molar-refractivity contribution in [3.63, 3.8) is 0 Å². The van der Waals surface area contributed by atoms with Crippen LogP contribution in [-0.2, 0) is 14.3 Å². The van der Waals surface area contributed by atoms with E-state index in [1.54, 1.807) is 0 Å². The predicted octanol–water partition coefficient (Wildman–Crippen LogP) is -4.28. The summed E-state index contributed by atoms with van der Waals surface area (Å²) in [6.45, 7) is -1.12. The average Bonchev–Trinajstić information content (AvgIpc) is 2.42. The lowest BCUT2D eigenvalue weighted by Gasteiger charge is -2.37. The van der Waals surface area contributed by atoms with Crippen molar-refractivity contribution in [2.45, 2.75) is 42.9 Å². The molecule has 0 aromatic heterocycles. The van der Waals surface area contributed by atoms with Crippen LogP contribution in [0, 0.1) is 0 Å². The predicted molar refractivity (Wildman–Crippen MR) is 57.8 cm³/mol. The van der Waals surface area contributed by atoms with Crippen molar-refractivity contribution in [2.24, 2.45) is 0 Å². The maximum absolute atomic E-state index is 10.5. The Bertz CT molecular complexity index is 286. The van der Waals surface area contributed by atoms with Crippen LogP contribution in [0.3, 0.4) is 0 Å². The van der Waals surface area contributed by atoms with Gasteiger partial charge in [-0.3, -0.25) is 0 Å². The highest BCUT2D eigenvalue weighted by molar-refractivity contribution is 5.56. The Balaban J connectivity index is 2.70. The molecule has 1 aliphatic rings. The smallest absolute Gasteiger partial charge is 0.186 e. The first-order chi connectivity index (χ1) is 8.92. The van der Waals surface area contributed by atoms with E-state index in [2.05, 4.69) is 0 Å². The summed E-state index contributed by atoms with van der Waals surface area (Å²) in [6.07, 6.45) is -10.7. The van der Waals surface area contributed by atoms with Gasteiger partial charge in [0.05, 0.1) is 13.2 Å². The lowest BCUT2D eigenvalue weighted by Crippen LogP contribution is -2.56. The minimum absolute atomic E-state index is 0.0873. The minimum atomic E-state index is -1.75. The number of hydrogen-bond donors (Lipinski definition) is 6. The third-order valence-electron chi connectivity index (χ3n) is 2.79. The molecule has 1 rings (SSSR count). The zero-order valence-corrected chi connectivity index (χ0v) is 9.94. The second kappa shape index (κ2) is 7.22. The van der Waals surface area contributed by atoms with Gasteiger partial charge in [-0.05, 0) is 0 Å². The Hall–Kier alpha value is -0.650.